The highest BCUT2D eigenvalue weighted by atomic mass is 31.2. The molecule has 0 aromatic rings. The van der Waals surface area contributed by atoms with Gasteiger partial charge in [-0.2, -0.15) is 0 Å². The Balaban J connectivity index is 2.76. The van der Waals surface area contributed by atoms with Gasteiger partial charge in [0, 0.05) is 27.2 Å². The first-order valence-electron chi connectivity index (χ1n) is 7.23. The van der Waals surface area contributed by atoms with Crippen LogP contribution < -0.4 is 5.73 Å². The third kappa shape index (κ3) is 6.87. The van der Waals surface area contributed by atoms with Gasteiger partial charge in [-0.05, 0) is 19.4 Å². The van der Waals surface area contributed by atoms with Crippen LogP contribution in [0, 0.1) is 0 Å². The smallest absolute Gasteiger partial charge is 0.335 e. The van der Waals surface area contributed by atoms with Crippen LogP contribution in [-0.4, -0.2) is 66.7 Å². The van der Waals surface area contributed by atoms with E-state index in [0.29, 0.717) is 13.0 Å². The molecule has 0 aliphatic carbocycles. The number of phosphoric acid groups is 2. The van der Waals surface area contributed by atoms with Crippen LogP contribution >= 0.6 is 15.6 Å². The van der Waals surface area contributed by atoms with Gasteiger partial charge in [-0.3, -0.25) is 22.9 Å². The largest absolute Gasteiger partial charge is 0.472 e. The summed E-state index contributed by atoms with van der Waals surface area (Å²) < 4.78 is 41.4. The maximum atomic E-state index is 12.2. The molecule has 4 N–H and O–H groups in total. The Bertz CT molecular complexity index is 518. The minimum atomic E-state index is -4.21. The van der Waals surface area contributed by atoms with Crippen molar-refractivity contribution in [2.45, 2.75) is 31.4 Å². The molecule has 4 atom stereocenters. The van der Waals surface area contributed by atoms with Gasteiger partial charge in [-0.25, -0.2) is 9.13 Å². The topological polar surface area (TPSA) is 158 Å². The molecule has 142 valence electrons. The Morgan fingerprint density at radius 2 is 1.88 bits per heavy atom. The van der Waals surface area contributed by atoms with Crippen molar-refractivity contribution in [2.24, 2.45) is 5.73 Å². The molecule has 1 aliphatic rings. The molecule has 1 rings (SSSR count). The molecule has 24 heavy (non-hydrogen) atoms. The van der Waals surface area contributed by atoms with Crippen LogP contribution in [0.4, 0.5) is 0 Å². The second kappa shape index (κ2) is 9.38. The van der Waals surface area contributed by atoms with Gasteiger partial charge in [0.1, 0.15) is 0 Å². The number of nitrogens with two attached hydrogens (primary N) is 1. The van der Waals surface area contributed by atoms with Gasteiger partial charge in [-0.15, -0.1) is 0 Å². The molecule has 0 aromatic heterocycles. The molecule has 2 unspecified atom stereocenters. The number of rotatable bonds is 10. The van der Waals surface area contributed by atoms with Gasteiger partial charge in [0.2, 0.25) is 5.91 Å². The molecule has 1 aliphatic heterocycles. The first kappa shape index (κ1) is 21.7. The first-order chi connectivity index (χ1) is 11.1. The van der Waals surface area contributed by atoms with Crippen LogP contribution in [0.5, 0.6) is 0 Å². The number of phosphoric ester groups is 2. The summed E-state index contributed by atoms with van der Waals surface area (Å²) >= 11 is 0. The average molecular weight is 390 g/mol. The minimum Gasteiger partial charge on any atom is -0.335 e. The van der Waals surface area contributed by atoms with Crippen molar-refractivity contribution in [3.8, 4) is 0 Å². The third-order valence-corrected chi connectivity index (χ3v) is 5.43. The highest BCUT2D eigenvalue weighted by molar-refractivity contribution is 7.47. The average Bonchev–Trinajstić information content (AvgIpc) is 2.93. The van der Waals surface area contributed by atoms with E-state index < -0.39 is 27.8 Å². The van der Waals surface area contributed by atoms with E-state index in [9.17, 15) is 23.7 Å². The van der Waals surface area contributed by atoms with E-state index in [1.807, 2.05) is 0 Å². The number of amides is 1. The van der Waals surface area contributed by atoms with Crippen LogP contribution in [-0.2, 0) is 32.0 Å². The number of hydrogen-bond acceptors (Lipinski definition) is 8. The molecule has 0 aromatic carbocycles. The standard InChI is InChI=1S/C11H24N2O9P2/c1-19-23(15,16)21-8-9-6-10(22-24(17,18)20-2)7-13(9)11(14)4-3-5-12/h9-10H,3-8,12H2,1-2H3,(H,15,16)(H,17,18)/t9-,10+/m0/s1. The molecular weight excluding hydrogens is 366 g/mol. The fraction of sp³-hybridized carbons (Fsp3) is 0.909. The van der Waals surface area contributed by atoms with Crippen molar-refractivity contribution < 1.29 is 41.8 Å². The molecule has 0 saturated carbocycles. The van der Waals surface area contributed by atoms with Crippen molar-refractivity contribution >= 4 is 21.6 Å². The van der Waals surface area contributed by atoms with Crippen molar-refractivity contribution in [2.75, 3.05) is 33.9 Å². The number of hydrogen-bond donors (Lipinski definition) is 3. The van der Waals surface area contributed by atoms with Crippen LogP contribution in [0.25, 0.3) is 0 Å². The Hall–Kier alpha value is -0.350. The summed E-state index contributed by atoms with van der Waals surface area (Å²) in [6, 6.07) is -0.604. The van der Waals surface area contributed by atoms with Crippen molar-refractivity contribution in [3.05, 3.63) is 0 Å². The highest BCUT2D eigenvalue weighted by Gasteiger charge is 2.40. The van der Waals surface area contributed by atoms with Crippen LogP contribution in [0.2, 0.25) is 0 Å². The van der Waals surface area contributed by atoms with E-state index in [-0.39, 0.29) is 31.9 Å². The van der Waals surface area contributed by atoms with Crippen LogP contribution in [0.15, 0.2) is 0 Å². The maximum absolute atomic E-state index is 12.2. The summed E-state index contributed by atoms with van der Waals surface area (Å²) in [6.07, 6.45) is 0.0342. The first-order valence-corrected chi connectivity index (χ1v) is 10.2. The second-order valence-corrected chi connectivity index (χ2v) is 8.23. The van der Waals surface area contributed by atoms with E-state index in [0.717, 1.165) is 14.2 Å². The van der Waals surface area contributed by atoms with Crippen molar-refractivity contribution in [3.63, 3.8) is 0 Å². The maximum Gasteiger partial charge on any atom is 0.472 e. The summed E-state index contributed by atoms with van der Waals surface area (Å²) in [6.45, 7) is 0.0956. The molecule has 1 saturated heterocycles. The van der Waals surface area contributed by atoms with E-state index in [1.165, 1.54) is 4.90 Å². The zero-order valence-corrected chi connectivity index (χ0v) is 15.4. The Labute approximate surface area is 140 Å². The molecular formula is C11H24N2O9P2. The lowest BCUT2D eigenvalue weighted by Gasteiger charge is -2.24. The summed E-state index contributed by atoms with van der Waals surface area (Å²) in [7, 11) is -6.36. The molecule has 11 nitrogen and oxygen atoms in total. The Kier molecular flexibility index (Phi) is 8.47. The van der Waals surface area contributed by atoms with Crippen LogP contribution in [0.3, 0.4) is 0 Å². The number of likely N-dealkylation sites (tertiary alicyclic amines) is 1. The summed E-state index contributed by atoms with van der Waals surface area (Å²) in [5.74, 6) is -0.254. The Morgan fingerprint density at radius 3 is 2.42 bits per heavy atom. The Morgan fingerprint density at radius 1 is 1.25 bits per heavy atom. The zero-order chi connectivity index (χ0) is 18.4. The van der Waals surface area contributed by atoms with Crippen molar-refractivity contribution in [1.82, 2.24) is 4.90 Å². The number of carbonyl (C=O) groups excluding carboxylic acids is 1. The quantitative estimate of drug-likeness (QED) is 0.441. The van der Waals surface area contributed by atoms with Crippen molar-refractivity contribution in [1.29, 1.82) is 0 Å². The van der Waals surface area contributed by atoms with Gasteiger partial charge in [0.25, 0.3) is 0 Å². The van der Waals surface area contributed by atoms with Gasteiger partial charge in [0.15, 0.2) is 0 Å². The molecule has 13 heteroatoms. The lowest BCUT2D eigenvalue weighted by molar-refractivity contribution is -0.133. The minimum absolute atomic E-state index is 0.0358. The monoisotopic (exact) mass is 390 g/mol. The number of nitrogens with zero attached hydrogens (tertiary/aromatic N) is 1. The number of carbonyl (C=O) groups is 1. The zero-order valence-electron chi connectivity index (χ0n) is 13.6. The van der Waals surface area contributed by atoms with E-state index in [1.54, 1.807) is 0 Å². The molecule has 1 fully saturated rings. The predicted octanol–water partition coefficient (Wildman–Crippen LogP) is 0.222. The van der Waals surface area contributed by atoms with E-state index in [4.69, 9.17) is 14.8 Å². The SMILES string of the molecule is COP(=O)(O)OC[C@@H]1C[C@@H](OP(=O)(O)OC)CN1C(=O)CCCN. The van der Waals surface area contributed by atoms with Gasteiger partial charge in [0.05, 0.1) is 18.8 Å². The van der Waals surface area contributed by atoms with Gasteiger partial charge in [-0.1, -0.05) is 0 Å². The molecule has 0 spiro atoms. The van der Waals surface area contributed by atoms with E-state index >= 15 is 0 Å². The predicted molar refractivity (Wildman–Crippen MR) is 82.9 cm³/mol. The lowest BCUT2D eigenvalue weighted by atomic mass is 10.2. The van der Waals surface area contributed by atoms with E-state index in [2.05, 4.69) is 9.05 Å². The van der Waals surface area contributed by atoms with Crippen LogP contribution in [0.1, 0.15) is 19.3 Å². The van der Waals surface area contributed by atoms with Gasteiger partial charge >= 0.3 is 15.6 Å². The molecule has 1 heterocycles. The summed E-state index contributed by atoms with van der Waals surface area (Å²) in [4.78, 5) is 32.3. The van der Waals surface area contributed by atoms with Gasteiger partial charge < -0.3 is 20.4 Å². The molecule has 0 radical (unpaired) electrons. The molecule has 1 amide bonds. The lowest BCUT2D eigenvalue weighted by Crippen LogP contribution is -2.38. The second-order valence-electron chi connectivity index (χ2n) is 5.15. The third-order valence-electron chi connectivity index (χ3n) is 3.46. The fourth-order valence-electron chi connectivity index (χ4n) is 2.27. The summed E-state index contributed by atoms with van der Waals surface area (Å²) in [5, 5.41) is 0. The normalized spacial score (nSPS) is 26.1. The summed E-state index contributed by atoms with van der Waals surface area (Å²) in [5.41, 5.74) is 5.38. The fourth-order valence-corrected chi connectivity index (χ4v) is 3.36. The molecule has 0 bridgehead atoms. The highest BCUT2D eigenvalue weighted by Crippen LogP contribution is 2.46.